The van der Waals surface area contributed by atoms with Crippen LogP contribution in [0, 0.1) is 0 Å². The van der Waals surface area contributed by atoms with Crippen molar-refractivity contribution < 1.29 is 28.5 Å². The third kappa shape index (κ3) is 9.78. The average Bonchev–Trinajstić information content (AvgIpc) is 2.95. The second kappa shape index (κ2) is 15.9. The van der Waals surface area contributed by atoms with Gasteiger partial charge in [0.2, 0.25) is 0 Å². The Morgan fingerprint density at radius 2 is 1.58 bits per heavy atom. The highest BCUT2D eigenvalue weighted by atomic mass is 16.6. The van der Waals surface area contributed by atoms with E-state index in [1.165, 1.54) is 0 Å². The minimum atomic E-state index is -0.711. The summed E-state index contributed by atoms with van der Waals surface area (Å²) in [6.45, 7) is 3.83. The summed E-state index contributed by atoms with van der Waals surface area (Å²) in [4.78, 5) is 18.9. The molecule has 0 saturated carbocycles. The Hall–Kier alpha value is -4.04. The first kappa shape index (κ1) is 28.5. The topological polar surface area (TPSA) is 78.8 Å². The molecular formula is C30H36N2O6. The van der Waals surface area contributed by atoms with E-state index in [0.717, 1.165) is 28.5 Å². The van der Waals surface area contributed by atoms with Crippen LogP contribution < -0.4 is 14.2 Å². The Labute approximate surface area is 224 Å². The van der Waals surface area contributed by atoms with E-state index >= 15 is 0 Å². The highest BCUT2D eigenvalue weighted by Gasteiger charge is 2.21. The molecule has 8 heteroatoms. The number of hydrogen-bond acceptors (Lipinski definition) is 7. The van der Waals surface area contributed by atoms with Crippen molar-refractivity contribution in [2.24, 2.45) is 4.99 Å². The molecule has 0 aliphatic heterocycles. The van der Waals surface area contributed by atoms with Crippen LogP contribution in [0.25, 0.3) is 0 Å². The summed E-state index contributed by atoms with van der Waals surface area (Å²) < 4.78 is 27.9. The summed E-state index contributed by atoms with van der Waals surface area (Å²) in [7, 11) is 3.56. The third-order valence-corrected chi connectivity index (χ3v) is 5.50. The van der Waals surface area contributed by atoms with Crippen molar-refractivity contribution in [2.75, 3.05) is 47.1 Å². The van der Waals surface area contributed by atoms with Gasteiger partial charge in [0.15, 0.2) is 6.10 Å². The molecule has 3 aromatic rings. The van der Waals surface area contributed by atoms with Crippen LogP contribution >= 0.6 is 0 Å². The third-order valence-electron chi connectivity index (χ3n) is 5.50. The van der Waals surface area contributed by atoms with Crippen molar-refractivity contribution in [3.8, 4) is 17.2 Å². The molecule has 3 rings (SSSR count). The van der Waals surface area contributed by atoms with Crippen molar-refractivity contribution >= 4 is 18.0 Å². The summed E-state index contributed by atoms with van der Waals surface area (Å²) in [6, 6.07) is 24.7. The first-order chi connectivity index (χ1) is 18.6. The van der Waals surface area contributed by atoms with Gasteiger partial charge in [0.05, 0.1) is 33.2 Å². The van der Waals surface area contributed by atoms with E-state index in [1.54, 1.807) is 20.4 Å². The molecule has 0 spiro atoms. The van der Waals surface area contributed by atoms with E-state index in [2.05, 4.69) is 4.99 Å². The lowest BCUT2D eigenvalue weighted by atomic mass is 10.1. The summed E-state index contributed by atoms with van der Waals surface area (Å²) in [6.07, 6.45) is 1.44. The maximum absolute atomic E-state index is 12.4. The Balaban J connectivity index is 1.44. The maximum Gasteiger partial charge on any atom is 0.335 e. The molecule has 0 aromatic heterocycles. The number of likely N-dealkylation sites (N-methyl/N-ethyl adjacent to an activating group) is 1. The Morgan fingerprint density at radius 3 is 2.32 bits per heavy atom. The van der Waals surface area contributed by atoms with Gasteiger partial charge >= 0.3 is 5.97 Å². The normalized spacial score (nSPS) is 11.7. The number of ether oxygens (including phenoxy) is 5. The SMILES string of the molecule is CCOC(=O)C(Cc1ccc(OCCN(C)C=Nc2ccccc2OC)cc1)OCCOc1ccccc1. The fourth-order valence-electron chi connectivity index (χ4n) is 3.51. The van der Waals surface area contributed by atoms with Gasteiger partial charge in [-0.2, -0.15) is 0 Å². The van der Waals surface area contributed by atoms with Crippen LogP contribution in [0.4, 0.5) is 5.69 Å². The van der Waals surface area contributed by atoms with Gasteiger partial charge in [0.1, 0.15) is 36.1 Å². The zero-order chi connectivity index (χ0) is 27.0. The molecule has 38 heavy (non-hydrogen) atoms. The van der Waals surface area contributed by atoms with Gasteiger partial charge in [-0.05, 0) is 48.9 Å². The van der Waals surface area contributed by atoms with Gasteiger partial charge in [-0.25, -0.2) is 9.79 Å². The zero-order valence-electron chi connectivity index (χ0n) is 22.2. The maximum atomic E-state index is 12.4. The zero-order valence-corrected chi connectivity index (χ0v) is 22.2. The second-order valence-electron chi connectivity index (χ2n) is 8.37. The molecule has 0 amide bonds. The lowest BCUT2D eigenvalue weighted by Crippen LogP contribution is -2.30. The van der Waals surface area contributed by atoms with E-state index in [0.29, 0.717) is 32.8 Å². The van der Waals surface area contributed by atoms with E-state index in [1.807, 2.05) is 90.8 Å². The van der Waals surface area contributed by atoms with Crippen LogP contribution in [0.3, 0.4) is 0 Å². The van der Waals surface area contributed by atoms with Crippen molar-refractivity contribution in [3.63, 3.8) is 0 Å². The van der Waals surface area contributed by atoms with Crippen LogP contribution in [0.5, 0.6) is 17.2 Å². The minimum Gasteiger partial charge on any atom is -0.494 e. The van der Waals surface area contributed by atoms with Crippen molar-refractivity contribution in [3.05, 3.63) is 84.4 Å². The number of rotatable bonds is 16. The predicted octanol–water partition coefficient (Wildman–Crippen LogP) is 4.94. The number of carbonyl (C=O) groups is 1. The molecular weight excluding hydrogens is 484 g/mol. The molecule has 1 unspecified atom stereocenters. The summed E-state index contributed by atoms with van der Waals surface area (Å²) >= 11 is 0. The molecule has 0 N–H and O–H groups in total. The van der Waals surface area contributed by atoms with Crippen LogP contribution in [-0.4, -0.2) is 70.4 Å². The molecule has 0 aliphatic rings. The number of para-hydroxylation sites is 3. The van der Waals surface area contributed by atoms with Crippen molar-refractivity contribution in [1.82, 2.24) is 4.90 Å². The van der Waals surface area contributed by atoms with Crippen LogP contribution in [0.15, 0.2) is 83.9 Å². The van der Waals surface area contributed by atoms with E-state index < -0.39 is 6.10 Å². The molecule has 3 aromatic carbocycles. The van der Waals surface area contributed by atoms with E-state index in [4.69, 9.17) is 23.7 Å². The van der Waals surface area contributed by atoms with E-state index in [9.17, 15) is 4.79 Å². The second-order valence-corrected chi connectivity index (χ2v) is 8.37. The molecule has 0 bridgehead atoms. The number of benzene rings is 3. The molecule has 0 heterocycles. The lowest BCUT2D eigenvalue weighted by Gasteiger charge is -2.17. The molecule has 0 fully saturated rings. The molecule has 0 aliphatic carbocycles. The van der Waals surface area contributed by atoms with Crippen molar-refractivity contribution in [2.45, 2.75) is 19.4 Å². The fourth-order valence-corrected chi connectivity index (χ4v) is 3.51. The van der Waals surface area contributed by atoms with E-state index in [-0.39, 0.29) is 12.6 Å². The van der Waals surface area contributed by atoms with Gasteiger partial charge in [0.25, 0.3) is 0 Å². The van der Waals surface area contributed by atoms with Crippen LogP contribution in [-0.2, 0) is 20.7 Å². The number of esters is 1. The molecule has 1 atom stereocenters. The predicted molar refractivity (Wildman–Crippen MR) is 148 cm³/mol. The molecule has 0 radical (unpaired) electrons. The number of hydrogen-bond donors (Lipinski definition) is 0. The van der Waals surface area contributed by atoms with Gasteiger partial charge in [-0.1, -0.05) is 42.5 Å². The summed E-state index contributed by atoms with van der Waals surface area (Å²) in [5.74, 6) is 1.85. The fraction of sp³-hybridized carbons (Fsp3) is 0.333. The van der Waals surface area contributed by atoms with Gasteiger partial charge in [0, 0.05) is 13.5 Å². The highest BCUT2D eigenvalue weighted by molar-refractivity contribution is 5.75. The van der Waals surface area contributed by atoms with Crippen LogP contribution in [0.1, 0.15) is 12.5 Å². The minimum absolute atomic E-state index is 0.271. The van der Waals surface area contributed by atoms with Crippen molar-refractivity contribution in [1.29, 1.82) is 0 Å². The Bertz CT molecular complexity index is 1120. The number of nitrogens with zero attached hydrogens (tertiary/aromatic N) is 2. The number of methoxy groups -OCH3 is 1. The average molecular weight is 521 g/mol. The number of carbonyl (C=O) groups excluding carboxylic acids is 1. The lowest BCUT2D eigenvalue weighted by molar-refractivity contribution is -0.157. The Kier molecular flexibility index (Phi) is 12.0. The molecule has 0 saturated heterocycles. The van der Waals surface area contributed by atoms with Gasteiger partial charge in [-0.3, -0.25) is 0 Å². The molecule has 202 valence electrons. The van der Waals surface area contributed by atoms with Gasteiger partial charge < -0.3 is 28.6 Å². The summed E-state index contributed by atoms with van der Waals surface area (Å²) in [5.41, 5.74) is 1.72. The first-order valence-corrected chi connectivity index (χ1v) is 12.6. The van der Waals surface area contributed by atoms with Crippen LogP contribution in [0.2, 0.25) is 0 Å². The largest absolute Gasteiger partial charge is 0.494 e. The smallest absolute Gasteiger partial charge is 0.335 e. The number of aliphatic imine (C=N–C) groups is 1. The summed E-state index contributed by atoms with van der Waals surface area (Å²) in [5, 5.41) is 0. The standard InChI is InChI=1S/C30H36N2O6/c1-4-35-30(33)29(38-21-20-37-25-10-6-5-7-11-25)22-24-14-16-26(17-15-24)36-19-18-32(2)23-31-27-12-8-9-13-28(27)34-3/h5-17,23,29H,4,18-22H2,1-3H3. The van der Waals surface area contributed by atoms with Gasteiger partial charge in [-0.15, -0.1) is 0 Å². The monoisotopic (exact) mass is 520 g/mol. The quantitative estimate of drug-likeness (QED) is 0.115. The Morgan fingerprint density at radius 1 is 0.895 bits per heavy atom. The first-order valence-electron chi connectivity index (χ1n) is 12.6. The highest BCUT2D eigenvalue weighted by Crippen LogP contribution is 2.25. The molecule has 8 nitrogen and oxygen atoms in total.